The highest BCUT2D eigenvalue weighted by molar-refractivity contribution is 5.73. The zero-order valence-electron chi connectivity index (χ0n) is 30.5. The van der Waals surface area contributed by atoms with Gasteiger partial charge in [0.2, 0.25) is 0 Å². The summed E-state index contributed by atoms with van der Waals surface area (Å²) in [6.45, 7) is 13.0. The molecule has 4 aliphatic rings. The van der Waals surface area contributed by atoms with Crippen LogP contribution in [-0.2, 0) is 4.79 Å². The smallest absolute Gasteiger partial charge is 0.290 e. The molecule has 266 valence electrons. The molecule has 0 aliphatic heterocycles. The van der Waals surface area contributed by atoms with Gasteiger partial charge in [-0.15, -0.1) is 0 Å². The minimum absolute atomic E-state index is 0.250. The fourth-order valence-corrected chi connectivity index (χ4v) is 10.3. The third-order valence-corrected chi connectivity index (χ3v) is 13.0. The molecule has 4 aliphatic carbocycles. The van der Waals surface area contributed by atoms with E-state index in [1.165, 1.54) is 77.0 Å². The predicted molar refractivity (Wildman–Crippen MR) is 195 cm³/mol. The number of carbonyl (C=O) groups is 1. The fourth-order valence-electron chi connectivity index (χ4n) is 10.3. The van der Waals surface area contributed by atoms with Crippen LogP contribution in [0.4, 0.5) is 11.4 Å². The third kappa shape index (κ3) is 8.70. The maximum Gasteiger partial charge on any atom is 0.290 e. The topological polar surface area (TPSA) is 111 Å². The minimum atomic E-state index is -0.376. The van der Waals surface area contributed by atoms with Crippen LogP contribution in [0.5, 0.6) is 0 Å². The quantitative estimate of drug-likeness (QED) is 0.0660. The first kappa shape index (κ1) is 37.6. The predicted octanol–water partition coefficient (Wildman–Crippen LogP) is 6.90. The summed E-state index contributed by atoms with van der Waals surface area (Å²) in [7, 11) is 4.14. The molecule has 3 fully saturated rings. The Balaban J connectivity index is 0.00000160. The Morgan fingerprint density at radius 1 is 0.915 bits per heavy atom. The van der Waals surface area contributed by atoms with E-state index in [1.807, 2.05) is 0 Å². The number of hydrogen-bond acceptors (Lipinski definition) is 7. The van der Waals surface area contributed by atoms with E-state index in [1.54, 1.807) is 5.57 Å². The van der Waals surface area contributed by atoms with Gasteiger partial charge in [0.1, 0.15) is 11.4 Å². The Morgan fingerprint density at radius 3 is 2.30 bits per heavy atom. The van der Waals surface area contributed by atoms with Crippen LogP contribution >= 0.6 is 0 Å². The molecule has 0 spiro atoms. The molecule has 0 heterocycles. The summed E-state index contributed by atoms with van der Waals surface area (Å²) in [6.07, 6.45) is 21.3. The lowest BCUT2D eigenvalue weighted by Crippen LogP contribution is -2.51. The van der Waals surface area contributed by atoms with Crippen molar-refractivity contribution in [1.82, 2.24) is 10.2 Å². The number of nitrogens with one attached hydrogen (secondary N) is 3. The van der Waals surface area contributed by atoms with E-state index in [0.717, 1.165) is 62.1 Å². The molecular weight excluding hydrogens is 588 g/mol. The van der Waals surface area contributed by atoms with Crippen molar-refractivity contribution in [1.29, 1.82) is 0 Å². The summed E-state index contributed by atoms with van der Waals surface area (Å²) in [5, 5.41) is 17.1. The van der Waals surface area contributed by atoms with Crippen LogP contribution in [0.25, 0.3) is 0 Å². The fraction of sp³-hybridized carbons (Fsp3) is 0.821. The average molecular weight is 655 g/mol. The minimum Gasteiger partial charge on any atom is -0.483 e. The highest BCUT2D eigenvalue weighted by atomic mass is 16.3. The Labute approximate surface area is 284 Å². The highest BCUT2D eigenvalue weighted by Crippen LogP contribution is 2.66. The Kier molecular flexibility index (Phi) is 13.6. The van der Waals surface area contributed by atoms with E-state index in [4.69, 9.17) is 9.90 Å². The summed E-state index contributed by atoms with van der Waals surface area (Å²) in [5.74, 6) is 4.49. The summed E-state index contributed by atoms with van der Waals surface area (Å²) < 4.78 is 0. The Hall–Kier alpha value is -2.19. The van der Waals surface area contributed by atoms with Crippen molar-refractivity contribution < 1.29 is 9.90 Å². The third-order valence-electron chi connectivity index (χ3n) is 13.0. The van der Waals surface area contributed by atoms with E-state index in [2.05, 4.69) is 68.7 Å². The molecule has 5 rings (SSSR count). The molecule has 0 saturated heterocycles. The lowest BCUT2D eigenvalue weighted by atomic mass is 9.47. The van der Waals surface area contributed by atoms with Crippen LogP contribution in [-0.4, -0.2) is 62.8 Å². The van der Waals surface area contributed by atoms with Gasteiger partial charge in [-0.1, -0.05) is 58.6 Å². The second kappa shape index (κ2) is 17.0. The van der Waals surface area contributed by atoms with Gasteiger partial charge in [-0.3, -0.25) is 14.4 Å². The first-order valence-corrected chi connectivity index (χ1v) is 18.9. The second-order valence-corrected chi connectivity index (χ2v) is 16.5. The molecule has 0 amide bonds. The number of anilines is 2. The van der Waals surface area contributed by atoms with Gasteiger partial charge in [-0.25, -0.2) is 0 Å². The van der Waals surface area contributed by atoms with Gasteiger partial charge in [-0.05, 0) is 132 Å². The van der Waals surface area contributed by atoms with Crippen molar-refractivity contribution in [2.24, 2.45) is 40.4 Å². The van der Waals surface area contributed by atoms with Gasteiger partial charge in [0.25, 0.3) is 17.3 Å². The molecule has 3 saturated carbocycles. The monoisotopic (exact) mass is 655 g/mol. The zero-order valence-corrected chi connectivity index (χ0v) is 30.5. The number of nitrogens with zero attached hydrogens (tertiary/aromatic N) is 1. The van der Waals surface area contributed by atoms with Crippen LogP contribution in [0.15, 0.2) is 21.2 Å². The van der Waals surface area contributed by atoms with Crippen LogP contribution in [0.3, 0.4) is 0 Å². The Morgan fingerprint density at radius 2 is 1.62 bits per heavy atom. The van der Waals surface area contributed by atoms with Crippen LogP contribution in [0.1, 0.15) is 118 Å². The van der Waals surface area contributed by atoms with Gasteiger partial charge >= 0.3 is 0 Å². The summed E-state index contributed by atoms with van der Waals surface area (Å²) >= 11 is 0. The molecular formula is C39H66N4O4. The van der Waals surface area contributed by atoms with Crippen LogP contribution < -0.4 is 26.8 Å². The Bertz CT molecular complexity index is 1250. The van der Waals surface area contributed by atoms with Gasteiger partial charge in [0.15, 0.2) is 0 Å². The lowest BCUT2D eigenvalue weighted by Gasteiger charge is -2.58. The molecule has 0 radical (unpaired) electrons. The van der Waals surface area contributed by atoms with E-state index < -0.39 is 0 Å². The van der Waals surface area contributed by atoms with E-state index in [9.17, 15) is 9.59 Å². The number of allylic oxidation sites excluding steroid dienone is 1. The molecule has 8 nitrogen and oxygen atoms in total. The molecule has 7 atom stereocenters. The summed E-state index contributed by atoms with van der Waals surface area (Å²) in [6, 6.07) is 0.505. The average Bonchev–Trinajstić information content (AvgIpc) is 3.37. The molecule has 1 aromatic carbocycles. The first-order valence-electron chi connectivity index (χ1n) is 18.9. The number of carboxylic acid groups (broad SMARTS) is 1. The van der Waals surface area contributed by atoms with Gasteiger partial charge in [0.05, 0.1) is 0 Å². The first-order chi connectivity index (χ1) is 22.5. The second-order valence-electron chi connectivity index (χ2n) is 16.5. The normalized spacial score (nSPS) is 31.4. The maximum absolute atomic E-state index is 12.2. The van der Waals surface area contributed by atoms with Crippen molar-refractivity contribution in [3.63, 3.8) is 0 Å². The molecule has 0 bridgehead atoms. The largest absolute Gasteiger partial charge is 0.483 e. The summed E-state index contributed by atoms with van der Waals surface area (Å²) in [4.78, 5) is 34.8. The van der Waals surface area contributed by atoms with Crippen molar-refractivity contribution in [2.45, 2.75) is 124 Å². The van der Waals surface area contributed by atoms with Crippen molar-refractivity contribution in [3.8, 4) is 0 Å². The lowest BCUT2D eigenvalue weighted by molar-refractivity contribution is -0.122. The van der Waals surface area contributed by atoms with Crippen molar-refractivity contribution in [3.05, 3.63) is 32.1 Å². The SMILES string of the molecule is CC(C)CCCCC1CCC2C3CC=C4CC(NCCNc5c(NCCCCN(C)C)c(=O)c5=O)CCC4(C)C3CCC12C.O=CO. The number of hydrogen-bond donors (Lipinski definition) is 4. The van der Waals surface area contributed by atoms with Gasteiger partial charge < -0.3 is 26.0 Å². The molecule has 1 aromatic rings. The van der Waals surface area contributed by atoms with Crippen LogP contribution in [0, 0.1) is 40.4 Å². The molecule has 4 N–H and O–H groups in total. The molecule has 7 unspecified atom stereocenters. The van der Waals surface area contributed by atoms with Crippen LogP contribution in [0.2, 0.25) is 0 Å². The standard InChI is InChI=1S/C38H64N4O2.CH2O2/c1-26(2)11-7-8-12-27-14-16-31-30-15-13-28-25-29(17-19-38(28,4)32(30)18-20-37(27,31)3)39-22-23-41-34-33(35(43)36(34)44)40-21-9-10-24-42(5)6;2-1-3/h13,26-27,29-32,39-41H,7-12,14-25H2,1-6H3;1H,(H,2,3). The number of fused-ring (bicyclic) bond motifs is 5. The van der Waals surface area contributed by atoms with Crippen molar-refractivity contribution in [2.75, 3.05) is 50.9 Å². The number of unbranched alkanes of at least 4 members (excludes halogenated alkanes) is 2. The van der Waals surface area contributed by atoms with Gasteiger partial charge in [0, 0.05) is 25.7 Å². The van der Waals surface area contributed by atoms with Gasteiger partial charge in [-0.2, -0.15) is 0 Å². The molecule has 0 aromatic heterocycles. The van der Waals surface area contributed by atoms with E-state index in [-0.39, 0.29) is 17.3 Å². The molecule has 8 heteroatoms. The molecule has 47 heavy (non-hydrogen) atoms. The maximum atomic E-state index is 12.2. The van der Waals surface area contributed by atoms with E-state index >= 15 is 0 Å². The highest BCUT2D eigenvalue weighted by Gasteiger charge is 2.58. The van der Waals surface area contributed by atoms with Crippen molar-refractivity contribution >= 4 is 17.8 Å². The zero-order chi connectivity index (χ0) is 34.2. The summed E-state index contributed by atoms with van der Waals surface area (Å²) in [5.41, 5.74) is 2.90. The number of rotatable bonds is 16. The van der Waals surface area contributed by atoms with E-state index in [0.29, 0.717) is 34.8 Å².